The molecular formula is C118H132F12N6O14. The van der Waals surface area contributed by atoms with Gasteiger partial charge >= 0.3 is 0 Å². The summed E-state index contributed by atoms with van der Waals surface area (Å²) >= 11 is 0. The molecular weight excluding hydrogens is 1950 g/mol. The Kier molecular flexibility index (Phi) is 48.6. The van der Waals surface area contributed by atoms with Crippen molar-refractivity contribution >= 4 is 35.4 Å². The summed E-state index contributed by atoms with van der Waals surface area (Å²) < 4.78 is 199. The second-order valence-electron chi connectivity index (χ2n) is 35.5. The number of carbonyl (C=O) groups is 6. The van der Waals surface area contributed by atoms with Crippen LogP contribution in [-0.4, -0.2) is 89.4 Å². The summed E-state index contributed by atoms with van der Waals surface area (Å²) in [5.41, 5.74) is 18.2. The fourth-order valence-corrected chi connectivity index (χ4v) is 16.1. The monoisotopic (exact) mass is 2080 g/mol. The highest BCUT2D eigenvalue weighted by Gasteiger charge is 2.30. The van der Waals surface area contributed by atoms with E-state index in [2.05, 4.69) is 31.9 Å². The smallest absolute Gasteiger partial charge is 0.267 e. The molecule has 12 aromatic rings. The maximum Gasteiger partial charge on any atom is 0.267 e. The van der Waals surface area contributed by atoms with Gasteiger partial charge in [0.15, 0.2) is 0 Å². The van der Waals surface area contributed by atoms with Crippen molar-refractivity contribution in [1.29, 1.82) is 0 Å². The van der Waals surface area contributed by atoms with Gasteiger partial charge in [-0.1, -0.05) is 180 Å². The van der Waals surface area contributed by atoms with Crippen LogP contribution in [0.2, 0.25) is 0 Å². The lowest BCUT2D eigenvalue weighted by Gasteiger charge is -2.17. The number of carbonyl (C=O) groups excluding carboxylic acids is 6. The minimum Gasteiger partial charge on any atom is -0.493 e. The molecule has 0 saturated heterocycles. The van der Waals surface area contributed by atoms with Crippen molar-refractivity contribution in [3.05, 3.63) is 380 Å². The van der Waals surface area contributed by atoms with E-state index in [1.54, 1.807) is 180 Å². The highest BCUT2D eigenvalue weighted by molar-refractivity contribution is 5.82. The Labute approximate surface area is 869 Å². The molecule has 12 aromatic carbocycles. The fourth-order valence-electron chi connectivity index (χ4n) is 16.1. The number of nitrogens with one attached hydrogen (secondary N) is 6. The maximum absolute atomic E-state index is 13.3. The van der Waals surface area contributed by atoms with Crippen LogP contribution in [0, 0.1) is 55.4 Å². The van der Waals surface area contributed by atoms with E-state index in [0.717, 1.165) is 125 Å². The lowest BCUT2D eigenvalue weighted by atomic mass is 9.96. The fraction of sp³-hybridized carbons (Fsp3) is 0.339. The van der Waals surface area contributed by atoms with E-state index < -0.39 is 38.6 Å². The van der Waals surface area contributed by atoms with E-state index in [1.165, 1.54) is 49.5 Å². The summed E-state index contributed by atoms with van der Waals surface area (Å²) in [6.07, 6.45) is -11.4. The van der Waals surface area contributed by atoms with Gasteiger partial charge in [0.1, 0.15) is 79.9 Å². The van der Waals surface area contributed by atoms with Gasteiger partial charge in [-0.3, -0.25) is 28.8 Å². The van der Waals surface area contributed by atoms with Gasteiger partial charge in [0.2, 0.25) is 35.4 Å². The van der Waals surface area contributed by atoms with Gasteiger partial charge in [-0.2, -0.15) is 0 Å². The average molecular weight is 2090 g/mol. The van der Waals surface area contributed by atoms with Crippen LogP contribution in [0.3, 0.4) is 0 Å². The molecule has 150 heavy (non-hydrogen) atoms. The first kappa shape index (κ1) is 120. The molecule has 0 aliphatic heterocycles. The number of benzene rings is 12. The van der Waals surface area contributed by atoms with Gasteiger partial charge < -0.3 is 70.2 Å². The van der Waals surface area contributed by atoms with Crippen molar-refractivity contribution in [2.75, 3.05) is 48.9 Å². The van der Waals surface area contributed by atoms with Gasteiger partial charge in [0, 0.05) is 47.8 Å². The molecule has 802 valence electrons. The number of hydrogen-bond acceptors (Lipinski definition) is 14. The van der Waals surface area contributed by atoms with E-state index >= 15 is 0 Å². The molecule has 13 rings (SSSR count). The number of aliphatic hydroxyl groups is 1. The SMILES string of the molecule is CCOc1cccc(CC(=O)NC)c1COc1ccc(C)cc1C(F)F.CCc1cccc(CC(=O)NC)c1COc1ccc(C)cc1C(F)F.CNC(=O)Cc1cccc(C)c1COc1ccc(C)cc1C(F)F.CNC(=O)Cc1cccc(C)c1COc1ccc(C)cc1C(F)F.CNC(=O)Cc1cccc(C2CC2)c1COc1ccc(C)cc1C(F)F.CNC(=O)Cc1cccc(CO)c1COc1ccc(C)cc1C(F)F. The summed E-state index contributed by atoms with van der Waals surface area (Å²) in [5, 5.41) is 25.1. The van der Waals surface area contributed by atoms with Crippen LogP contribution in [0.25, 0.3) is 0 Å². The molecule has 1 saturated carbocycles. The van der Waals surface area contributed by atoms with Gasteiger partial charge in [-0.15, -0.1) is 0 Å². The largest absolute Gasteiger partial charge is 0.493 e. The van der Waals surface area contributed by atoms with Crippen LogP contribution in [-0.2, 0) is 120 Å². The van der Waals surface area contributed by atoms with Gasteiger partial charge in [-0.05, 0) is 255 Å². The van der Waals surface area contributed by atoms with E-state index in [0.29, 0.717) is 40.5 Å². The Bertz CT molecular complexity index is 6250. The van der Waals surface area contributed by atoms with Crippen LogP contribution < -0.4 is 65.1 Å². The summed E-state index contributed by atoms with van der Waals surface area (Å²) in [6.45, 7) is 19.1. The molecule has 20 nitrogen and oxygen atoms in total. The predicted molar refractivity (Wildman–Crippen MR) is 556 cm³/mol. The Balaban J connectivity index is 0.000000219. The minimum absolute atomic E-state index is 0.00809. The first-order valence-electron chi connectivity index (χ1n) is 48.8. The van der Waals surface area contributed by atoms with Crippen LogP contribution in [0.4, 0.5) is 52.7 Å². The molecule has 32 heteroatoms. The topological polar surface area (TPSA) is 259 Å². The molecule has 6 amide bonds. The first-order valence-corrected chi connectivity index (χ1v) is 48.8. The normalized spacial score (nSPS) is 11.3. The molecule has 1 fully saturated rings. The molecule has 0 heterocycles. The molecule has 0 spiro atoms. The zero-order valence-electron chi connectivity index (χ0n) is 87.1. The Morgan fingerprint density at radius 2 is 0.487 bits per heavy atom. The van der Waals surface area contributed by atoms with Crippen LogP contribution >= 0.6 is 0 Å². The number of aryl methyl sites for hydroxylation is 9. The number of hydrogen-bond donors (Lipinski definition) is 7. The van der Waals surface area contributed by atoms with E-state index in [9.17, 15) is 86.6 Å². The van der Waals surface area contributed by atoms with Gasteiger partial charge in [-0.25, -0.2) is 52.7 Å². The number of halogens is 12. The average Bonchev–Trinajstić information content (AvgIpc) is 1.66. The van der Waals surface area contributed by atoms with E-state index in [4.69, 9.17) is 33.2 Å². The molecule has 0 radical (unpaired) electrons. The third kappa shape index (κ3) is 36.9. The highest BCUT2D eigenvalue weighted by Crippen LogP contribution is 2.44. The molecule has 0 aromatic heterocycles. The van der Waals surface area contributed by atoms with Crippen molar-refractivity contribution in [2.45, 2.75) is 218 Å². The standard InChI is InChI=1S/C21H23F2NO2.C20H23F2NO3.C20H23F2NO2.C19H21F2NO3.2C19H21F2NO2/c1-13-6-9-19(17(10-13)21(22)23)26-12-18-15(11-20(25)24-2)4-3-5-16(18)14-7-8-14;1-4-25-17-7-5-6-14(11-19(24)23-3)16(17)12-26-18-9-8-13(2)10-15(18)20(21)22;1-4-14-6-5-7-15(11-19(24)23-3)17(14)12-25-18-9-8-13(2)10-16(18)20(21)22;1-12-6-7-17(15(8-12)19(20)21)25-11-16-13(9-18(24)22-2)4-3-5-14(16)10-23;2*1-12-7-8-17(15(9-12)19(20)21)24-11-16-13(2)5-4-6-14(16)10-18(23)22-3/h3-6,9-10,14,21H,7-8,11-12H2,1-2H3,(H,24,25);5-10,20H,4,11-12H2,1-3H3,(H,23,24);5-10,20H,4,11-12H2,1-3H3,(H,23,24);3-8,19,23H,9-11H2,1-2H3,(H,22,24);2*4-9,19H,10-11H2,1-3H3,(H,22,23). The number of aliphatic hydroxyl groups excluding tert-OH is 1. The van der Waals surface area contributed by atoms with Crippen molar-refractivity contribution < 1.29 is 120 Å². The third-order valence-corrected chi connectivity index (χ3v) is 24.6. The molecule has 7 N–H and O–H groups in total. The predicted octanol–water partition coefficient (Wildman–Crippen LogP) is 24.7. The Hall–Kier alpha value is -14.8. The minimum atomic E-state index is -2.65. The van der Waals surface area contributed by atoms with Crippen LogP contribution in [0.5, 0.6) is 40.2 Å². The zero-order valence-corrected chi connectivity index (χ0v) is 87.1. The second kappa shape index (κ2) is 60.6. The van der Waals surface area contributed by atoms with Crippen molar-refractivity contribution in [3.63, 3.8) is 0 Å². The lowest BCUT2D eigenvalue weighted by Crippen LogP contribution is -2.21. The quantitative estimate of drug-likeness (QED) is 0.0176. The highest BCUT2D eigenvalue weighted by atomic mass is 19.3. The van der Waals surface area contributed by atoms with E-state index in [-0.39, 0.29) is 188 Å². The number of ether oxygens (including phenoxy) is 7. The second-order valence-corrected chi connectivity index (χ2v) is 35.5. The molecule has 0 atom stereocenters. The lowest BCUT2D eigenvalue weighted by molar-refractivity contribution is -0.120. The molecule has 0 unspecified atom stereocenters. The van der Waals surface area contributed by atoms with Crippen molar-refractivity contribution in [3.8, 4) is 40.2 Å². The van der Waals surface area contributed by atoms with Crippen molar-refractivity contribution in [1.82, 2.24) is 31.9 Å². The zero-order chi connectivity index (χ0) is 110. The number of amides is 6. The summed E-state index contributed by atoms with van der Waals surface area (Å²) in [7, 11) is 9.45. The molecule has 0 bridgehead atoms. The maximum atomic E-state index is 13.3. The first-order chi connectivity index (χ1) is 71.7. The summed E-state index contributed by atoms with van der Waals surface area (Å²) in [6, 6.07) is 61.8. The number of alkyl halides is 12. The molecule has 1 aliphatic rings. The van der Waals surface area contributed by atoms with Crippen molar-refractivity contribution in [2.24, 2.45) is 0 Å². The van der Waals surface area contributed by atoms with E-state index in [1.807, 2.05) is 100 Å². The third-order valence-electron chi connectivity index (χ3n) is 24.6. The van der Waals surface area contributed by atoms with Gasteiger partial charge in [0.25, 0.3) is 38.6 Å². The summed E-state index contributed by atoms with van der Waals surface area (Å²) in [5.74, 6) is 1.28. The number of likely N-dealkylation sites (N-methyl/N-ethyl adjacent to an activating group) is 6. The van der Waals surface area contributed by atoms with Gasteiger partial charge in [0.05, 0.1) is 85.1 Å². The van der Waals surface area contributed by atoms with Crippen LogP contribution in [0.15, 0.2) is 218 Å². The molecule has 1 aliphatic carbocycles. The number of rotatable bonds is 41. The summed E-state index contributed by atoms with van der Waals surface area (Å²) in [4.78, 5) is 70.3. The Morgan fingerprint density at radius 1 is 0.267 bits per heavy atom. The van der Waals surface area contributed by atoms with Crippen LogP contribution in [0.1, 0.15) is 232 Å². The Morgan fingerprint density at radius 3 is 0.747 bits per heavy atom.